The fourth-order valence-corrected chi connectivity index (χ4v) is 0. The lowest BCUT2D eigenvalue weighted by molar-refractivity contribution is 0.275. The van der Waals surface area contributed by atoms with Crippen molar-refractivity contribution in [2.24, 2.45) is 17.9 Å². The Morgan fingerprint density at radius 3 is 0.818 bits per heavy atom. The second-order valence-corrected chi connectivity index (χ2v) is 1.54. The first kappa shape index (κ1) is 22.4. The van der Waals surface area contributed by atoms with Gasteiger partial charge in [0.05, 0.1) is 0 Å². The van der Waals surface area contributed by atoms with Gasteiger partial charge in [-0.25, -0.2) is 4.57 Å². The monoisotopic (exact) mass is 203 g/mol. The second kappa shape index (κ2) is 22.6. The number of nitrogens with two attached hydrogens (primary N) is 3. The summed E-state index contributed by atoms with van der Waals surface area (Å²) < 4.78 is 35.9. The molecule has 0 aromatic carbocycles. The van der Waals surface area contributed by atoms with E-state index in [2.05, 4.69) is 17.9 Å². The summed E-state index contributed by atoms with van der Waals surface area (Å²) in [6.45, 7) is 0. The molecule has 0 saturated carbocycles. The van der Waals surface area contributed by atoms with E-state index in [0.717, 1.165) is 0 Å². The van der Waals surface area contributed by atoms with Crippen molar-refractivity contribution in [3.05, 3.63) is 0 Å². The van der Waals surface area contributed by atoms with Crippen LogP contribution in [-0.2, 0) is 4.57 Å². The molecular weight excluding hydrogens is 194 g/mol. The fraction of sp³-hybridized carbons (Fsp3) is 0. The predicted molar refractivity (Wildman–Crippen MR) is 30.1 cm³/mol. The normalized spacial score (nSPS) is 7.00. The average molecular weight is 203 g/mol. The van der Waals surface area contributed by atoms with Gasteiger partial charge in [-0.05, 0) is 0 Å². The van der Waals surface area contributed by atoms with Gasteiger partial charge in [-0.15, -0.1) is 13.4 Å². The smallest absolute Gasteiger partial charge is 0.303 e. The third kappa shape index (κ3) is 12200. The second-order valence-electron chi connectivity index (χ2n) is 0.513. The molecule has 0 spiro atoms. The topological polar surface area (TPSA) is 156 Å². The van der Waals surface area contributed by atoms with Crippen LogP contribution < -0.4 is 17.9 Å². The van der Waals surface area contributed by atoms with Gasteiger partial charge in [-0.1, -0.05) is 0 Å². The molecule has 0 fully saturated rings. The van der Waals surface area contributed by atoms with Crippen molar-refractivity contribution in [1.29, 1.82) is 0 Å². The highest BCUT2D eigenvalue weighted by atomic mass is 31.2. The molecule has 0 unspecified atom stereocenters. The Kier molecular flexibility index (Phi) is 46.0. The van der Waals surface area contributed by atoms with Crippen molar-refractivity contribution < 1.29 is 32.7 Å². The molecule has 0 atom stereocenters. The van der Waals surface area contributed by atoms with Crippen molar-refractivity contribution in [3.63, 3.8) is 0 Å². The van der Waals surface area contributed by atoms with Crippen molar-refractivity contribution >= 4 is 7.82 Å². The van der Waals surface area contributed by atoms with Crippen LogP contribution in [0.4, 0.5) is 13.4 Å². The molecule has 0 aliphatic carbocycles. The van der Waals surface area contributed by atoms with Crippen LogP contribution in [0.1, 0.15) is 0 Å². The molecule has 9 N–H and O–H groups in total. The number of phosphoric acid groups is 1. The Bertz CT molecular complexity index is 66.7. The van der Waals surface area contributed by atoms with E-state index >= 15 is 0 Å². The Morgan fingerprint density at radius 1 is 0.818 bits per heavy atom. The SMILES string of the molecule is NF.NF.NF.O=P(O)(O)O. The molecule has 7 nitrogen and oxygen atoms in total. The van der Waals surface area contributed by atoms with Gasteiger partial charge in [0.1, 0.15) is 0 Å². The quantitative estimate of drug-likeness (QED) is 0.208. The molecule has 0 amide bonds. The van der Waals surface area contributed by atoms with Crippen LogP contribution in [0.5, 0.6) is 0 Å². The van der Waals surface area contributed by atoms with Crippen molar-refractivity contribution in [1.82, 2.24) is 0 Å². The number of rotatable bonds is 0. The lowest BCUT2D eigenvalue weighted by Gasteiger charge is -1.82. The van der Waals surface area contributed by atoms with Crippen LogP contribution >= 0.6 is 7.82 Å². The minimum absolute atomic E-state index is 3.00. The van der Waals surface area contributed by atoms with Gasteiger partial charge in [0.2, 0.25) is 0 Å². The molecule has 0 saturated heterocycles. The molecule has 0 aliphatic heterocycles. The zero-order valence-electron chi connectivity index (χ0n) is 5.06. The molecule has 11 heavy (non-hydrogen) atoms. The van der Waals surface area contributed by atoms with Crippen molar-refractivity contribution in [2.75, 3.05) is 0 Å². The maximum absolute atomic E-state index is 9.00. The molecular formula is H9F3N3O4P. The summed E-state index contributed by atoms with van der Waals surface area (Å²) in [4.78, 5) is 21.6. The largest absolute Gasteiger partial charge is 0.466 e. The molecule has 0 heterocycles. The van der Waals surface area contributed by atoms with Crippen LogP contribution in [0.2, 0.25) is 0 Å². The van der Waals surface area contributed by atoms with Crippen LogP contribution in [-0.4, -0.2) is 14.7 Å². The van der Waals surface area contributed by atoms with Gasteiger partial charge in [0.25, 0.3) is 0 Å². The van der Waals surface area contributed by atoms with E-state index in [1.165, 1.54) is 0 Å². The Balaban J connectivity index is -0.0000000350. The van der Waals surface area contributed by atoms with E-state index in [-0.39, 0.29) is 0 Å². The highest BCUT2D eigenvalue weighted by molar-refractivity contribution is 7.45. The molecule has 0 radical (unpaired) electrons. The molecule has 0 aromatic heterocycles. The maximum atomic E-state index is 9.00. The van der Waals surface area contributed by atoms with E-state index < -0.39 is 7.82 Å². The van der Waals surface area contributed by atoms with Crippen molar-refractivity contribution in [2.45, 2.75) is 0 Å². The first-order valence-electron chi connectivity index (χ1n) is 1.44. The Hall–Kier alpha value is -0.220. The number of hydrogen-bond acceptors (Lipinski definition) is 4. The van der Waals surface area contributed by atoms with Gasteiger partial charge in [0.15, 0.2) is 0 Å². The zero-order chi connectivity index (χ0) is 10.5. The fourth-order valence-electron chi connectivity index (χ4n) is 0. The lowest BCUT2D eigenvalue weighted by Crippen LogP contribution is -1.66. The molecule has 0 bridgehead atoms. The van der Waals surface area contributed by atoms with E-state index in [0.29, 0.717) is 0 Å². The summed E-state index contributed by atoms with van der Waals surface area (Å²) in [7, 11) is -4.64. The maximum Gasteiger partial charge on any atom is 0.466 e. The molecule has 0 aliphatic rings. The highest BCUT2D eigenvalue weighted by Crippen LogP contribution is 2.25. The van der Waals surface area contributed by atoms with Gasteiger partial charge in [0, 0.05) is 0 Å². The summed E-state index contributed by atoms with van der Waals surface area (Å²) in [6, 6.07) is 0. The lowest BCUT2D eigenvalue weighted by atomic mass is 13.8. The van der Waals surface area contributed by atoms with E-state index in [1.807, 2.05) is 0 Å². The van der Waals surface area contributed by atoms with E-state index in [1.54, 1.807) is 0 Å². The van der Waals surface area contributed by atoms with E-state index in [4.69, 9.17) is 32.7 Å². The standard InChI is InChI=1S/3FH2N.H3O4P/c3*1-2;1-5(2,3)4/h3*2H2;(H3,1,2,3,4). The van der Waals surface area contributed by atoms with E-state index in [9.17, 15) is 0 Å². The number of hydrogen-bond donors (Lipinski definition) is 6. The summed E-state index contributed by atoms with van der Waals surface area (Å²) in [5.41, 5.74) is 0. The summed E-state index contributed by atoms with van der Waals surface area (Å²) in [6.07, 6.45) is 0. The third-order valence-corrected chi connectivity index (χ3v) is 0. The van der Waals surface area contributed by atoms with Gasteiger partial charge in [-0.3, -0.25) is 0 Å². The molecule has 0 rings (SSSR count). The summed E-state index contributed by atoms with van der Waals surface area (Å²) >= 11 is 0. The zero-order valence-corrected chi connectivity index (χ0v) is 5.96. The van der Waals surface area contributed by atoms with Crippen LogP contribution in [0.25, 0.3) is 0 Å². The first-order valence-corrected chi connectivity index (χ1v) is 3.00. The van der Waals surface area contributed by atoms with Crippen LogP contribution in [0.15, 0.2) is 0 Å². The number of halogens is 3. The van der Waals surface area contributed by atoms with Crippen LogP contribution in [0, 0.1) is 0 Å². The van der Waals surface area contributed by atoms with Gasteiger partial charge in [-0.2, -0.15) is 17.9 Å². The third-order valence-electron chi connectivity index (χ3n) is 0. The molecule has 0 aromatic rings. The summed E-state index contributed by atoms with van der Waals surface area (Å²) in [5.74, 6) is 9.00. The molecule has 11 heteroatoms. The Morgan fingerprint density at radius 2 is 0.818 bits per heavy atom. The predicted octanol–water partition coefficient (Wildman–Crippen LogP) is -1.44. The first-order chi connectivity index (χ1) is 5.00. The highest BCUT2D eigenvalue weighted by Gasteiger charge is 2.00. The Labute approximate surface area is 59.6 Å². The minimum atomic E-state index is -4.64. The van der Waals surface area contributed by atoms with Gasteiger partial charge >= 0.3 is 7.82 Å². The summed E-state index contributed by atoms with van der Waals surface area (Å²) in [5, 5.41) is 0. The van der Waals surface area contributed by atoms with Crippen molar-refractivity contribution in [3.8, 4) is 0 Å². The average Bonchev–Trinajstić information content (AvgIpc) is 1.96. The minimum Gasteiger partial charge on any atom is -0.303 e. The van der Waals surface area contributed by atoms with Crippen LogP contribution in [0.3, 0.4) is 0 Å². The molecule has 74 valence electrons. The van der Waals surface area contributed by atoms with Gasteiger partial charge < -0.3 is 14.7 Å².